The third-order valence-electron chi connectivity index (χ3n) is 3.31. The first kappa shape index (κ1) is 20.6. The van der Waals surface area contributed by atoms with Crippen LogP contribution in [-0.4, -0.2) is 25.9 Å². The van der Waals surface area contributed by atoms with Crippen LogP contribution in [0.1, 0.15) is 12.5 Å². The Morgan fingerprint density at radius 2 is 1.96 bits per heavy atom. The van der Waals surface area contributed by atoms with Crippen LogP contribution in [0.3, 0.4) is 0 Å². The van der Waals surface area contributed by atoms with Crippen molar-refractivity contribution in [2.24, 2.45) is 0 Å². The Morgan fingerprint density at radius 1 is 1.25 bits per heavy atom. The van der Waals surface area contributed by atoms with E-state index in [0.717, 1.165) is 12.1 Å². The van der Waals surface area contributed by atoms with Crippen molar-refractivity contribution >= 4 is 27.9 Å². The maximum atomic E-state index is 12.4. The number of hydrogen-bond donors (Lipinski definition) is 0. The Hall–Kier alpha value is -3.71. The fraction of sp³-hybridized carbons (Fsp3) is 0.111. The summed E-state index contributed by atoms with van der Waals surface area (Å²) in [4.78, 5) is 21.4. The monoisotopic (exact) mass is 402 g/mol. The summed E-state index contributed by atoms with van der Waals surface area (Å²) < 4.78 is 34.5. The van der Waals surface area contributed by atoms with Crippen LogP contribution in [0.15, 0.2) is 59.0 Å². The minimum absolute atomic E-state index is 0.0959. The van der Waals surface area contributed by atoms with Gasteiger partial charge in [0.25, 0.3) is 5.69 Å². The van der Waals surface area contributed by atoms with Gasteiger partial charge in [0, 0.05) is 12.1 Å². The predicted octanol–water partition coefficient (Wildman–Crippen LogP) is 2.83. The van der Waals surface area contributed by atoms with Gasteiger partial charge in [0.05, 0.1) is 11.5 Å². The van der Waals surface area contributed by atoms with Crippen molar-refractivity contribution in [1.82, 2.24) is 0 Å². The van der Waals surface area contributed by atoms with Gasteiger partial charge in [0.1, 0.15) is 22.3 Å². The van der Waals surface area contributed by atoms with Crippen LogP contribution in [0, 0.1) is 21.4 Å². The standard InChI is InChI=1S/C18H14N2O7S/c1-2-26-18(21)14(12-19)9-13-5-3-7-16(10-13)27-28(24,25)17-8-4-6-15(11-17)20(22)23/h3-11H,2H2,1H3/b14-9+. The molecule has 28 heavy (non-hydrogen) atoms. The number of carbonyl (C=O) groups excluding carboxylic acids is 1. The summed E-state index contributed by atoms with van der Waals surface area (Å²) in [5.41, 5.74) is -0.327. The van der Waals surface area contributed by atoms with Gasteiger partial charge in [0.2, 0.25) is 0 Å². The first-order valence-electron chi connectivity index (χ1n) is 7.84. The van der Waals surface area contributed by atoms with E-state index in [9.17, 15) is 23.3 Å². The first-order chi connectivity index (χ1) is 13.3. The van der Waals surface area contributed by atoms with Crippen molar-refractivity contribution in [3.63, 3.8) is 0 Å². The number of nitro groups is 1. The Bertz CT molecular complexity index is 1090. The number of ether oxygens (including phenoxy) is 1. The van der Waals surface area contributed by atoms with E-state index in [-0.39, 0.29) is 22.8 Å². The van der Waals surface area contributed by atoms with Crippen molar-refractivity contribution < 1.29 is 27.1 Å². The highest BCUT2D eigenvalue weighted by Crippen LogP contribution is 2.23. The average molecular weight is 402 g/mol. The molecule has 0 aromatic heterocycles. The molecular formula is C18H14N2O7S. The number of nitro benzene ring substituents is 1. The highest BCUT2D eigenvalue weighted by molar-refractivity contribution is 7.87. The molecule has 0 fully saturated rings. The van der Waals surface area contributed by atoms with E-state index in [1.54, 1.807) is 13.0 Å². The fourth-order valence-corrected chi connectivity index (χ4v) is 3.06. The molecule has 144 valence electrons. The van der Waals surface area contributed by atoms with Gasteiger partial charge in [-0.05, 0) is 36.8 Å². The summed E-state index contributed by atoms with van der Waals surface area (Å²) >= 11 is 0. The van der Waals surface area contributed by atoms with E-state index in [0.29, 0.717) is 5.56 Å². The Morgan fingerprint density at radius 3 is 2.61 bits per heavy atom. The van der Waals surface area contributed by atoms with Gasteiger partial charge in [-0.2, -0.15) is 13.7 Å². The van der Waals surface area contributed by atoms with Gasteiger partial charge in [-0.15, -0.1) is 0 Å². The minimum atomic E-state index is -4.33. The zero-order valence-electron chi connectivity index (χ0n) is 14.6. The zero-order valence-corrected chi connectivity index (χ0v) is 15.4. The largest absolute Gasteiger partial charge is 0.462 e. The second-order valence-corrected chi connectivity index (χ2v) is 6.80. The summed E-state index contributed by atoms with van der Waals surface area (Å²) in [6, 6.07) is 11.8. The van der Waals surface area contributed by atoms with E-state index >= 15 is 0 Å². The molecule has 10 heteroatoms. The van der Waals surface area contributed by atoms with Crippen molar-refractivity contribution in [3.8, 4) is 11.8 Å². The number of non-ortho nitro benzene ring substituents is 1. The summed E-state index contributed by atoms with van der Waals surface area (Å²) in [7, 11) is -4.33. The first-order valence-corrected chi connectivity index (χ1v) is 9.25. The highest BCUT2D eigenvalue weighted by Gasteiger charge is 2.20. The summed E-state index contributed by atoms with van der Waals surface area (Å²) in [5.74, 6) is -0.901. The molecule has 0 atom stereocenters. The van der Waals surface area contributed by atoms with Crippen molar-refractivity contribution in [3.05, 3.63) is 69.8 Å². The molecule has 2 aromatic carbocycles. The molecule has 2 rings (SSSR count). The molecule has 0 bridgehead atoms. The van der Waals surface area contributed by atoms with Gasteiger partial charge >= 0.3 is 16.1 Å². The minimum Gasteiger partial charge on any atom is -0.462 e. The number of esters is 1. The van der Waals surface area contributed by atoms with Crippen LogP contribution in [0.25, 0.3) is 6.08 Å². The van der Waals surface area contributed by atoms with E-state index in [4.69, 9.17) is 14.2 Å². The molecule has 0 aliphatic carbocycles. The smallest absolute Gasteiger partial charge is 0.348 e. The lowest BCUT2D eigenvalue weighted by atomic mass is 10.1. The maximum Gasteiger partial charge on any atom is 0.348 e. The van der Waals surface area contributed by atoms with Crippen molar-refractivity contribution in [2.75, 3.05) is 6.61 Å². The fourth-order valence-electron chi connectivity index (χ4n) is 2.10. The maximum absolute atomic E-state index is 12.4. The zero-order chi connectivity index (χ0) is 20.7. The lowest BCUT2D eigenvalue weighted by Gasteiger charge is -2.08. The van der Waals surface area contributed by atoms with E-state index in [2.05, 4.69) is 0 Å². The summed E-state index contributed by atoms with van der Waals surface area (Å²) in [6.45, 7) is 1.70. The topological polar surface area (TPSA) is 137 Å². The Kier molecular flexibility index (Phi) is 6.46. The van der Waals surface area contributed by atoms with Crippen LogP contribution in [-0.2, 0) is 19.6 Å². The Balaban J connectivity index is 2.32. The van der Waals surface area contributed by atoms with Gasteiger partial charge in [0.15, 0.2) is 0 Å². The number of carbonyl (C=O) groups is 1. The normalized spacial score (nSPS) is 11.4. The van der Waals surface area contributed by atoms with Crippen LogP contribution < -0.4 is 4.18 Å². The van der Waals surface area contributed by atoms with Crippen LogP contribution in [0.5, 0.6) is 5.75 Å². The van der Waals surface area contributed by atoms with E-state index in [1.165, 1.54) is 42.5 Å². The number of nitrogens with zero attached hydrogens (tertiary/aromatic N) is 2. The molecule has 0 N–H and O–H groups in total. The number of hydrogen-bond acceptors (Lipinski definition) is 8. The third-order valence-corrected chi connectivity index (χ3v) is 4.55. The van der Waals surface area contributed by atoms with Crippen LogP contribution in [0.2, 0.25) is 0 Å². The van der Waals surface area contributed by atoms with Crippen molar-refractivity contribution in [1.29, 1.82) is 5.26 Å². The van der Waals surface area contributed by atoms with Crippen LogP contribution in [0.4, 0.5) is 5.69 Å². The predicted molar refractivity (Wildman–Crippen MR) is 97.6 cm³/mol. The third kappa shape index (κ3) is 5.15. The van der Waals surface area contributed by atoms with Crippen LogP contribution >= 0.6 is 0 Å². The molecule has 0 aliphatic heterocycles. The van der Waals surface area contributed by atoms with E-state index in [1.807, 2.05) is 0 Å². The highest BCUT2D eigenvalue weighted by atomic mass is 32.2. The summed E-state index contributed by atoms with van der Waals surface area (Å²) in [6.07, 6.45) is 1.23. The Labute approximate surface area is 160 Å². The molecular weight excluding hydrogens is 388 g/mol. The molecule has 0 spiro atoms. The second kappa shape index (κ2) is 8.79. The summed E-state index contributed by atoms with van der Waals surface area (Å²) in [5, 5.41) is 19.9. The van der Waals surface area contributed by atoms with Gasteiger partial charge in [-0.3, -0.25) is 10.1 Å². The SMILES string of the molecule is CCOC(=O)/C(C#N)=C/c1cccc(OS(=O)(=O)c2cccc([N+](=O)[O-])c2)c1. The molecule has 0 radical (unpaired) electrons. The molecule has 2 aromatic rings. The molecule has 0 saturated heterocycles. The number of rotatable bonds is 7. The lowest BCUT2D eigenvalue weighted by molar-refractivity contribution is -0.385. The molecule has 0 aliphatic rings. The van der Waals surface area contributed by atoms with Gasteiger partial charge < -0.3 is 8.92 Å². The molecule has 0 unspecified atom stereocenters. The lowest BCUT2D eigenvalue weighted by Crippen LogP contribution is -2.10. The van der Waals surface area contributed by atoms with Gasteiger partial charge in [-0.25, -0.2) is 4.79 Å². The quantitative estimate of drug-likeness (QED) is 0.172. The van der Waals surface area contributed by atoms with E-state index < -0.39 is 26.7 Å². The number of nitriles is 1. The van der Waals surface area contributed by atoms with Crippen molar-refractivity contribution in [2.45, 2.75) is 11.8 Å². The molecule has 9 nitrogen and oxygen atoms in total. The van der Waals surface area contributed by atoms with Gasteiger partial charge in [-0.1, -0.05) is 18.2 Å². The molecule has 0 amide bonds. The number of benzene rings is 2. The second-order valence-electron chi connectivity index (χ2n) is 5.25. The molecule has 0 heterocycles. The average Bonchev–Trinajstić information content (AvgIpc) is 2.66. The molecule has 0 saturated carbocycles.